The van der Waals surface area contributed by atoms with Gasteiger partial charge in [0.25, 0.3) is 5.91 Å². The molecule has 0 fully saturated rings. The number of aromatic nitrogens is 2. The van der Waals surface area contributed by atoms with Gasteiger partial charge in [0.15, 0.2) is 0 Å². The van der Waals surface area contributed by atoms with E-state index >= 15 is 0 Å². The number of nitrogens with one attached hydrogen (secondary N) is 1. The molecule has 5 nitrogen and oxygen atoms in total. The smallest absolute Gasteiger partial charge is 0.256 e. The molecule has 0 unspecified atom stereocenters. The Balaban J connectivity index is 2.71. The Labute approximate surface area is 80.9 Å². The summed E-state index contributed by atoms with van der Waals surface area (Å²) in [5.74, 6) is -0.247. The lowest BCUT2D eigenvalue weighted by Gasteiger charge is -2.00. The van der Waals surface area contributed by atoms with E-state index in [0.717, 1.165) is 0 Å². The fourth-order valence-electron chi connectivity index (χ4n) is 0.856. The topological polar surface area (TPSA) is 72.9 Å². The molecule has 0 aliphatic rings. The monoisotopic (exact) mass is 202 g/mol. The average Bonchev–Trinajstić information content (AvgIpc) is 2.44. The molecular weight excluding hydrogens is 192 g/mol. The number of nitrogens with zero attached hydrogens (tertiary/aromatic N) is 2. The molecule has 0 atom stereocenters. The molecule has 1 amide bonds. The predicted octanol–water partition coefficient (Wildman–Crippen LogP) is -0.238. The summed E-state index contributed by atoms with van der Waals surface area (Å²) in [6, 6.07) is 0. The normalized spacial score (nSPS) is 10.1. The highest BCUT2D eigenvalue weighted by atomic mass is 35.5. The molecule has 0 saturated carbocycles. The van der Waals surface area contributed by atoms with Crippen molar-refractivity contribution < 1.29 is 4.79 Å². The Hall–Kier alpha value is -1.07. The SMILES string of the molecule is Cn1ncc(C(=O)NCCN)c1Cl. The fraction of sp³-hybridized carbons (Fsp3) is 0.429. The number of amides is 1. The van der Waals surface area contributed by atoms with Crippen LogP contribution < -0.4 is 11.1 Å². The average molecular weight is 203 g/mol. The molecule has 1 aromatic heterocycles. The van der Waals surface area contributed by atoms with Gasteiger partial charge in [0.05, 0.1) is 11.8 Å². The van der Waals surface area contributed by atoms with Crippen LogP contribution in [-0.4, -0.2) is 28.8 Å². The number of rotatable bonds is 3. The molecule has 0 aliphatic heterocycles. The first-order valence-corrected chi connectivity index (χ1v) is 4.20. The van der Waals surface area contributed by atoms with Gasteiger partial charge >= 0.3 is 0 Å². The summed E-state index contributed by atoms with van der Waals surface area (Å²) in [5.41, 5.74) is 5.60. The number of halogens is 1. The fourth-order valence-corrected chi connectivity index (χ4v) is 1.03. The lowest BCUT2D eigenvalue weighted by atomic mass is 10.3. The van der Waals surface area contributed by atoms with Crippen LogP contribution in [0.4, 0.5) is 0 Å². The lowest BCUT2D eigenvalue weighted by Crippen LogP contribution is -2.28. The molecule has 1 rings (SSSR count). The van der Waals surface area contributed by atoms with Crippen molar-refractivity contribution in [2.75, 3.05) is 13.1 Å². The maximum absolute atomic E-state index is 11.3. The second kappa shape index (κ2) is 4.25. The van der Waals surface area contributed by atoms with Gasteiger partial charge in [-0.05, 0) is 0 Å². The third-order valence-electron chi connectivity index (χ3n) is 1.54. The van der Waals surface area contributed by atoms with E-state index in [-0.39, 0.29) is 5.91 Å². The van der Waals surface area contributed by atoms with Crippen molar-refractivity contribution in [1.29, 1.82) is 0 Å². The van der Waals surface area contributed by atoms with E-state index in [0.29, 0.717) is 23.8 Å². The van der Waals surface area contributed by atoms with E-state index in [1.807, 2.05) is 0 Å². The van der Waals surface area contributed by atoms with E-state index < -0.39 is 0 Å². The summed E-state index contributed by atoms with van der Waals surface area (Å²) in [5, 5.41) is 6.77. The highest BCUT2D eigenvalue weighted by Gasteiger charge is 2.12. The summed E-state index contributed by atoms with van der Waals surface area (Å²) in [7, 11) is 1.67. The van der Waals surface area contributed by atoms with Crippen LogP contribution in [0.5, 0.6) is 0 Å². The van der Waals surface area contributed by atoms with Gasteiger partial charge in [-0.3, -0.25) is 9.48 Å². The molecule has 0 aliphatic carbocycles. The highest BCUT2D eigenvalue weighted by molar-refractivity contribution is 6.32. The second-order valence-corrected chi connectivity index (χ2v) is 2.88. The van der Waals surface area contributed by atoms with Crippen LogP contribution in [0.1, 0.15) is 10.4 Å². The van der Waals surface area contributed by atoms with Crippen LogP contribution in [0.15, 0.2) is 6.20 Å². The van der Waals surface area contributed by atoms with E-state index in [9.17, 15) is 4.79 Å². The molecule has 6 heteroatoms. The van der Waals surface area contributed by atoms with E-state index in [2.05, 4.69) is 10.4 Å². The van der Waals surface area contributed by atoms with Crippen molar-refractivity contribution in [1.82, 2.24) is 15.1 Å². The number of carbonyl (C=O) groups excluding carboxylic acids is 1. The van der Waals surface area contributed by atoms with Crippen molar-refractivity contribution in [2.45, 2.75) is 0 Å². The molecule has 13 heavy (non-hydrogen) atoms. The summed E-state index contributed by atoms with van der Waals surface area (Å²) in [4.78, 5) is 11.3. The largest absolute Gasteiger partial charge is 0.351 e. The number of hydrogen-bond acceptors (Lipinski definition) is 3. The molecule has 0 radical (unpaired) electrons. The van der Waals surface area contributed by atoms with Crippen molar-refractivity contribution >= 4 is 17.5 Å². The van der Waals surface area contributed by atoms with Gasteiger partial charge in [-0.2, -0.15) is 5.10 Å². The molecule has 3 N–H and O–H groups in total. The Kier molecular flexibility index (Phi) is 3.27. The molecule has 1 heterocycles. The first-order valence-electron chi connectivity index (χ1n) is 3.82. The summed E-state index contributed by atoms with van der Waals surface area (Å²) >= 11 is 5.79. The third-order valence-corrected chi connectivity index (χ3v) is 1.99. The minimum absolute atomic E-state index is 0.247. The Morgan fingerprint density at radius 2 is 2.54 bits per heavy atom. The number of nitrogens with two attached hydrogens (primary N) is 1. The zero-order chi connectivity index (χ0) is 9.84. The van der Waals surface area contributed by atoms with E-state index in [1.165, 1.54) is 10.9 Å². The zero-order valence-electron chi connectivity index (χ0n) is 7.25. The molecular formula is C7H11ClN4O. The van der Waals surface area contributed by atoms with Gasteiger partial charge in [0.1, 0.15) is 5.15 Å². The van der Waals surface area contributed by atoms with Crippen LogP contribution in [0, 0.1) is 0 Å². The first-order chi connectivity index (χ1) is 6.16. The molecule has 0 saturated heterocycles. The quantitative estimate of drug-likeness (QED) is 0.711. The van der Waals surface area contributed by atoms with Gasteiger partial charge in [0.2, 0.25) is 0 Å². The zero-order valence-corrected chi connectivity index (χ0v) is 8.01. The van der Waals surface area contributed by atoms with E-state index in [1.54, 1.807) is 7.05 Å². The van der Waals surface area contributed by atoms with Gasteiger partial charge in [-0.15, -0.1) is 0 Å². The number of carbonyl (C=O) groups is 1. The van der Waals surface area contributed by atoms with Crippen molar-refractivity contribution in [2.24, 2.45) is 12.8 Å². The van der Waals surface area contributed by atoms with Crippen molar-refractivity contribution in [3.8, 4) is 0 Å². The van der Waals surface area contributed by atoms with Crippen LogP contribution >= 0.6 is 11.6 Å². The maximum atomic E-state index is 11.3. The van der Waals surface area contributed by atoms with Gasteiger partial charge in [-0.1, -0.05) is 11.6 Å². The standard InChI is InChI=1S/C7H11ClN4O/c1-12-6(8)5(4-11-12)7(13)10-3-2-9/h4H,2-3,9H2,1H3,(H,10,13). The minimum atomic E-state index is -0.247. The van der Waals surface area contributed by atoms with Crippen molar-refractivity contribution in [3.05, 3.63) is 16.9 Å². The molecule has 0 spiro atoms. The second-order valence-electron chi connectivity index (χ2n) is 2.52. The van der Waals surface area contributed by atoms with Crippen molar-refractivity contribution in [3.63, 3.8) is 0 Å². The van der Waals surface area contributed by atoms with Gasteiger partial charge in [-0.25, -0.2) is 0 Å². The number of hydrogen-bond donors (Lipinski definition) is 2. The molecule has 72 valence electrons. The van der Waals surface area contributed by atoms with Gasteiger partial charge in [0, 0.05) is 20.1 Å². The predicted molar refractivity (Wildman–Crippen MR) is 49.6 cm³/mol. The minimum Gasteiger partial charge on any atom is -0.351 e. The Morgan fingerprint density at radius 1 is 1.85 bits per heavy atom. The first kappa shape index (κ1) is 10.0. The lowest BCUT2D eigenvalue weighted by molar-refractivity contribution is 0.0955. The molecule has 0 aromatic carbocycles. The highest BCUT2D eigenvalue weighted by Crippen LogP contribution is 2.13. The summed E-state index contributed by atoms with van der Waals surface area (Å²) in [6.07, 6.45) is 1.42. The molecule has 1 aromatic rings. The maximum Gasteiger partial charge on any atom is 0.256 e. The van der Waals surface area contributed by atoms with Crippen LogP contribution in [-0.2, 0) is 7.05 Å². The van der Waals surface area contributed by atoms with Crippen LogP contribution in [0.3, 0.4) is 0 Å². The Bertz CT molecular complexity index is 309. The molecule has 0 bridgehead atoms. The van der Waals surface area contributed by atoms with Crippen LogP contribution in [0.2, 0.25) is 5.15 Å². The summed E-state index contributed by atoms with van der Waals surface area (Å²) < 4.78 is 1.43. The van der Waals surface area contributed by atoms with E-state index in [4.69, 9.17) is 17.3 Å². The van der Waals surface area contributed by atoms with Gasteiger partial charge < -0.3 is 11.1 Å². The summed E-state index contributed by atoms with van der Waals surface area (Å²) in [6.45, 7) is 0.841. The third kappa shape index (κ3) is 2.19. The number of aryl methyl sites for hydroxylation is 1. The van der Waals surface area contributed by atoms with Crippen LogP contribution in [0.25, 0.3) is 0 Å². The Morgan fingerprint density at radius 3 is 3.00 bits per heavy atom.